The van der Waals surface area contributed by atoms with Crippen molar-refractivity contribution in [3.05, 3.63) is 76.2 Å². The molecule has 1 aliphatic heterocycles. The molecule has 0 aliphatic carbocycles. The van der Waals surface area contributed by atoms with E-state index in [-0.39, 0.29) is 22.3 Å². The van der Waals surface area contributed by atoms with Crippen molar-refractivity contribution in [2.45, 2.75) is 76.5 Å². The second kappa shape index (κ2) is 15.5. The Morgan fingerprint density at radius 2 is 1.70 bits per heavy atom. The van der Waals surface area contributed by atoms with E-state index in [1.165, 1.54) is 15.8 Å². The molecule has 1 aromatic heterocycles. The second-order valence-corrected chi connectivity index (χ2v) is 15.2. The number of anilines is 1. The van der Waals surface area contributed by atoms with Crippen LogP contribution in [0.2, 0.25) is 0 Å². The maximum absolute atomic E-state index is 13.6. The first-order chi connectivity index (χ1) is 21.8. The summed E-state index contributed by atoms with van der Waals surface area (Å²) in [6.45, 7) is 17.4. The topological polar surface area (TPSA) is 70.9 Å². The molecule has 46 heavy (non-hydrogen) atoms. The predicted molar refractivity (Wildman–Crippen MR) is 191 cm³/mol. The molecule has 0 N–H and O–H groups in total. The predicted octanol–water partition coefficient (Wildman–Crippen LogP) is 6.38. The number of hydrogen-bond donors (Lipinski definition) is 0. The molecule has 1 amide bonds. The zero-order valence-corrected chi connectivity index (χ0v) is 30.0. The molecule has 0 radical (unpaired) electrons. The summed E-state index contributed by atoms with van der Waals surface area (Å²) in [5.41, 5.74) is 4.10. The number of thioether (sulfide) groups is 1. The van der Waals surface area contributed by atoms with Gasteiger partial charge in [0.15, 0.2) is 0 Å². The summed E-state index contributed by atoms with van der Waals surface area (Å²) in [6, 6.07) is 16.1. The van der Waals surface area contributed by atoms with Gasteiger partial charge in [0.25, 0.3) is 5.56 Å². The van der Waals surface area contributed by atoms with Crippen molar-refractivity contribution in [2.75, 3.05) is 64.1 Å². The first-order valence-electron chi connectivity index (χ1n) is 16.6. The lowest BCUT2D eigenvalue weighted by Crippen LogP contribution is -2.49. The lowest BCUT2D eigenvalue weighted by Gasteiger charge is -2.36. The van der Waals surface area contributed by atoms with Crippen molar-refractivity contribution in [1.82, 2.24) is 19.6 Å². The van der Waals surface area contributed by atoms with E-state index in [0.29, 0.717) is 50.5 Å². The minimum absolute atomic E-state index is 0.000259. The molecule has 2 aromatic carbocycles. The number of benzene rings is 2. The minimum Gasteiger partial charge on any atom is -0.493 e. The fourth-order valence-corrected chi connectivity index (χ4v) is 6.68. The summed E-state index contributed by atoms with van der Waals surface area (Å²) < 4.78 is 7.78. The number of carbonyl (C=O) groups excluding carboxylic acids is 1. The average molecular weight is 648 g/mol. The first kappa shape index (κ1) is 35.6. The Bertz CT molecular complexity index is 1510. The third-order valence-electron chi connectivity index (χ3n) is 8.92. The number of piperazine rings is 1. The maximum Gasteiger partial charge on any atom is 0.287 e. The molecule has 0 spiro atoms. The van der Waals surface area contributed by atoms with Crippen molar-refractivity contribution in [2.24, 2.45) is 0 Å². The number of ether oxygens (including phenoxy) is 1. The third-order valence-corrected chi connectivity index (χ3v) is 9.98. The zero-order chi connectivity index (χ0) is 33.5. The van der Waals surface area contributed by atoms with Crippen molar-refractivity contribution in [1.29, 1.82) is 0 Å². The van der Waals surface area contributed by atoms with Crippen LogP contribution in [0.25, 0.3) is 5.69 Å². The van der Waals surface area contributed by atoms with E-state index in [9.17, 15) is 9.59 Å². The van der Waals surface area contributed by atoms with Gasteiger partial charge in [-0.3, -0.25) is 9.59 Å². The van der Waals surface area contributed by atoms with Gasteiger partial charge in [-0.1, -0.05) is 71.9 Å². The van der Waals surface area contributed by atoms with Gasteiger partial charge in [-0.2, -0.15) is 9.78 Å². The zero-order valence-electron chi connectivity index (χ0n) is 29.1. The van der Waals surface area contributed by atoms with E-state index >= 15 is 0 Å². The van der Waals surface area contributed by atoms with Gasteiger partial charge in [-0.05, 0) is 61.5 Å². The number of carbonyl (C=O) groups is 1. The van der Waals surface area contributed by atoms with Crippen molar-refractivity contribution in [3.8, 4) is 11.4 Å². The van der Waals surface area contributed by atoms with Crippen LogP contribution in [0, 0.1) is 0 Å². The Hall–Kier alpha value is -3.30. The maximum atomic E-state index is 13.6. The summed E-state index contributed by atoms with van der Waals surface area (Å²) in [5, 5.41) is 4.54. The molecule has 4 rings (SSSR count). The summed E-state index contributed by atoms with van der Waals surface area (Å²) >= 11 is 1.58. The van der Waals surface area contributed by atoms with Gasteiger partial charge in [0.05, 0.1) is 29.1 Å². The third kappa shape index (κ3) is 8.94. The number of hydrogen-bond acceptors (Lipinski definition) is 7. The van der Waals surface area contributed by atoms with Crippen LogP contribution in [0.5, 0.6) is 5.75 Å². The number of aromatic nitrogens is 2. The number of nitrogens with zero attached hydrogens (tertiary/aromatic N) is 5. The highest BCUT2D eigenvalue weighted by atomic mass is 32.2. The van der Waals surface area contributed by atoms with Crippen LogP contribution in [0.4, 0.5) is 5.69 Å². The van der Waals surface area contributed by atoms with Gasteiger partial charge in [-0.15, -0.1) is 11.8 Å². The standard InChI is InChI=1S/C37H53N5O3S/c1-9-37(5,6)30-26-28(36(2,3)4)17-18-32(30)45-24-13-16-33(43)41-21-19-40(20-22-41)31-27-38-42(29-14-11-10-12-15-29)35(44)34(31)46-25-23-39(7)8/h10-12,14-15,17-18,26-27H,9,13,16,19-25H2,1-8H3. The van der Waals surface area contributed by atoms with E-state index in [0.717, 1.165) is 35.8 Å². The molecule has 0 atom stereocenters. The van der Waals surface area contributed by atoms with Crippen LogP contribution >= 0.6 is 11.8 Å². The smallest absolute Gasteiger partial charge is 0.287 e. The SMILES string of the molecule is CCC(C)(C)c1cc(C(C)(C)C)ccc1OCCCC(=O)N1CCN(c2cnn(-c3ccccc3)c(=O)c2SCCN(C)C)CC1. The Kier molecular flexibility index (Phi) is 12.0. The van der Waals surface area contributed by atoms with Gasteiger partial charge in [0.1, 0.15) is 5.75 Å². The molecule has 1 saturated heterocycles. The summed E-state index contributed by atoms with van der Waals surface area (Å²) in [4.78, 5) is 33.8. The molecular formula is C37H53N5O3S. The van der Waals surface area contributed by atoms with Crippen LogP contribution in [0.3, 0.4) is 0 Å². The van der Waals surface area contributed by atoms with E-state index in [1.54, 1.807) is 11.8 Å². The van der Waals surface area contributed by atoms with E-state index in [1.807, 2.05) is 55.5 Å². The van der Waals surface area contributed by atoms with E-state index in [2.05, 4.69) is 74.6 Å². The second-order valence-electron chi connectivity index (χ2n) is 14.1. The molecule has 8 nitrogen and oxygen atoms in total. The highest BCUT2D eigenvalue weighted by molar-refractivity contribution is 7.99. The number of rotatable bonds is 13. The summed E-state index contributed by atoms with van der Waals surface area (Å²) in [7, 11) is 4.07. The van der Waals surface area contributed by atoms with Gasteiger partial charge in [0.2, 0.25) is 5.91 Å². The minimum atomic E-state index is -0.107. The highest BCUT2D eigenvalue weighted by Gasteiger charge is 2.27. The van der Waals surface area contributed by atoms with Crippen LogP contribution in [0.15, 0.2) is 64.4 Å². The molecule has 1 aliphatic rings. The fourth-order valence-electron chi connectivity index (χ4n) is 5.48. The number of amides is 1. The van der Waals surface area contributed by atoms with Crippen LogP contribution in [0.1, 0.15) is 71.9 Å². The summed E-state index contributed by atoms with van der Waals surface area (Å²) in [6.07, 6.45) is 3.94. The van der Waals surface area contributed by atoms with E-state index < -0.39 is 0 Å². The summed E-state index contributed by atoms with van der Waals surface area (Å²) in [5.74, 6) is 1.87. The van der Waals surface area contributed by atoms with Crippen LogP contribution in [-0.2, 0) is 15.6 Å². The molecular weight excluding hydrogens is 595 g/mol. The quantitative estimate of drug-likeness (QED) is 0.158. The van der Waals surface area contributed by atoms with Crippen LogP contribution in [-0.4, -0.2) is 84.7 Å². The number of para-hydroxylation sites is 1. The molecule has 0 bridgehead atoms. The Balaban J connectivity index is 1.36. The monoisotopic (exact) mass is 647 g/mol. The lowest BCUT2D eigenvalue weighted by atomic mass is 9.78. The van der Waals surface area contributed by atoms with Crippen LogP contribution < -0.4 is 15.2 Å². The molecule has 0 saturated carbocycles. The van der Waals surface area contributed by atoms with Gasteiger partial charge in [-0.25, -0.2) is 0 Å². The molecule has 3 aromatic rings. The van der Waals surface area contributed by atoms with Crippen molar-refractivity contribution in [3.63, 3.8) is 0 Å². The Labute approximate surface area is 280 Å². The van der Waals surface area contributed by atoms with Gasteiger partial charge in [0, 0.05) is 50.5 Å². The Morgan fingerprint density at radius 3 is 2.33 bits per heavy atom. The fraction of sp³-hybridized carbons (Fsp3) is 0.541. The molecule has 250 valence electrons. The van der Waals surface area contributed by atoms with Crippen molar-refractivity contribution >= 4 is 23.4 Å². The van der Waals surface area contributed by atoms with Gasteiger partial charge >= 0.3 is 0 Å². The molecule has 9 heteroatoms. The van der Waals surface area contributed by atoms with E-state index in [4.69, 9.17) is 4.74 Å². The highest BCUT2D eigenvalue weighted by Crippen LogP contribution is 2.37. The lowest BCUT2D eigenvalue weighted by molar-refractivity contribution is -0.131. The van der Waals surface area contributed by atoms with Crippen molar-refractivity contribution < 1.29 is 9.53 Å². The Morgan fingerprint density at radius 1 is 1.00 bits per heavy atom. The molecule has 1 fully saturated rings. The normalized spacial score (nSPS) is 14.2. The van der Waals surface area contributed by atoms with Gasteiger partial charge < -0.3 is 19.4 Å². The largest absolute Gasteiger partial charge is 0.493 e. The average Bonchev–Trinajstić information content (AvgIpc) is 3.03. The molecule has 0 unspecified atom stereocenters. The first-order valence-corrected chi connectivity index (χ1v) is 17.6. The molecule has 2 heterocycles.